The fraction of sp³-hybridized carbons (Fsp3) is 0.867. The molecule has 0 spiro atoms. The molecule has 1 fully saturated rings. The van der Waals surface area contributed by atoms with Crippen molar-refractivity contribution < 1.29 is 9.59 Å². The van der Waals surface area contributed by atoms with E-state index in [1.54, 1.807) is 9.80 Å². The van der Waals surface area contributed by atoms with E-state index in [1.165, 1.54) is 32.1 Å². The lowest BCUT2D eigenvalue weighted by molar-refractivity contribution is -0.155. The zero-order valence-corrected chi connectivity index (χ0v) is 14.2. The fourth-order valence-corrected chi connectivity index (χ4v) is 2.91. The Labute approximate surface area is 131 Å². The molecule has 0 saturated carbocycles. The zero-order chi connectivity index (χ0) is 14.8. The maximum atomic E-state index is 11.9. The molecule has 20 heavy (non-hydrogen) atoms. The lowest BCUT2D eigenvalue weighted by Gasteiger charge is -2.33. The minimum absolute atomic E-state index is 0.310. The van der Waals surface area contributed by atoms with Crippen molar-refractivity contribution in [2.24, 2.45) is 0 Å². The summed E-state index contributed by atoms with van der Waals surface area (Å²) in [5.74, 6) is -0.635. The molecule has 0 radical (unpaired) electrons. The summed E-state index contributed by atoms with van der Waals surface area (Å²) in [5, 5.41) is 1.10. The van der Waals surface area contributed by atoms with Gasteiger partial charge in [0.05, 0.1) is 0 Å². The number of unbranched alkanes of at least 4 members (excludes halogenated alkanes) is 6. The molecule has 116 valence electrons. The lowest BCUT2D eigenvalue weighted by atomic mass is 10.1. The van der Waals surface area contributed by atoms with Gasteiger partial charge in [0.2, 0.25) is 0 Å². The molecule has 5 heteroatoms. The van der Waals surface area contributed by atoms with Crippen molar-refractivity contribution in [2.75, 3.05) is 31.5 Å². The summed E-state index contributed by atoms with van der Waals surface area (Å²) in [5.41, 5.74) is 0. The van der Waals surface area contributed by atoms with E-state index in [2.05, 4.69) is 15.9 Å². The molecule has 2 amide bonds. The van der Waals surface area contributed by atoms with Crippen molar-refractivity contribution >= 4 is 27.7 Å². The largest absolute Gasteiger partial charge is 0.333 e. The van der Waals surface area contributed by atoms with Gasteiger partial charge in [0.1, 0.15) is 0 Å². The third-order valence-electron chi connectivity index (χ3n) is 3.84. The summed E-state index contributed by atoms with van der Waals surface area (Å²) in [4.78, 5) is 26.9. The average molecular weight is 347 g/mol. The highest BCUT2D eigenvalue weighted by Crippen LogP contribution is 2.10. The Morgan fingerprint density at radius 3 is 1.95 bits per heavy atom. The van der Waals surface area contributed by atoms with Crippen LogP contribution in [0.25, 0.3) is 0 Å². The molecule has 0 aromatic rings. The Hall–Kier alpha value is -0.580. The molecular weight excluding hydrogens is 320 g/mol. The first-order chi connectivity index (χ1) is 9.70. The van der Waals surface area contributed by atoms with Crippen LogP contribution >= 0.6 is 15.9 Å². The van der Waals surface area contributed by atoms with Crippen molar-refractivity contribution in [1.29, 1.82) is 0 Å². The van der Waals surface area contributed by atoms with Crippen molar-refractivity contribution in [3.05, 3.63) is 0 Å². The predicted octanol–water partition coefficient (Wildman–Crippen LogP) is 2.80. The molecule has 1 aliphatic heterocycles. The molecule has 1 aliphatic rings. The number of hydrogen-bond donors (Lipinski definition) is 0. The maximum absolute atomic E-state index is 11.9. The lowest BCUT2D eigenvalue weighted by Crippen LogP contribution is -2.54. The van der Waals surface area contributed by atoms with E-state index in [4.69, 9.17) is 0 Å². The second kappa shape index (κ2) is 10.2. The van der Waals surface area contributed by atoms with Crippen LogP contribution < -0.4 is 0 Å². The molecular formula is C15H27BrN2O2. The number of halogens is 1. The predicted molar refractivity (Wildman–Crippen MR) is 84.9 cm³/mol. The van der Waals surface area contributed by atoms with Gasteiger partial charge in [-0.05, 0) is 19.8 Å². The minimum atomic E-state index is -0.325. The first-order valence-corrected chi connectivity index (χ1v) is 8.97. The van der Waals surface area contributed by atoms with E-state index < -0.39 is 0 Å². The normalized spacial score (nSPS) is 16.1. The number of alkyl halides is 1. The summed E-state index contributed by atoms with van der Waals surface area (Å²) in [6.07, 6.45) is 8.56. The van der Waals surface area contributed by atoms with Gasteiger partial charge in [0.15, 0.2) is 0 Å². The average Bonchev–Trinajstić information content (AvgIpc) is 2.46. The van der Waals surface area contributed by atoms with Gasteiger partial charge in [-0.25, -0.2) is 0 Å². The van der Waals surface area contributed by atoms with Gasteiger partial charge in [0.25, 0.3) is 0 Å². The van der Waals surface area contributed by atoms with Crippen LogP contribution in [0.15, 0.2) is 0 Å². The Kier molecular flexibility index (Phi) is 8.90. The molecule has 0 unspecified atom stereocenters. The monoisotopic (exact) mass is 346 g/mol. The molecule has 4 nitrogen and oxygen atoms in total. The highest BCUT2D eigenvalue weighted by molar-refractivity contribution is 9.09. The van der Waals surface area contributed by atoms with Crippen LogP contribution in [-0.2, 0) is 9.59 Å². The van der Waals surface area contributed by atoms with E-state index in [1.807, 2.05) is 6.92 Å². The van der Waals surface area contributed by atoms with E-state index in [0.29, 0.717) is 19.6 Å². The Bertz CT molecular complexity index is 310. The summed E-state index contributed by atoms with van der Waals surface area (Å²) < 4.78 is 0. The number of nitrogens with zero attached hydrogens (tertiary/aromatic N) is 2. The van der Waals surface area contributed by atoms with E-state index in [0.717, 1.165) is 24.7 Å². The zero-order valence-electron chi connectivity index (χ0n) is 12.6. The topological polar surface area (TPSA) is 40.6 Å². The van der Waals surface area contributed by atoms with Gasteiger partial charge in [-0.2, -0.15) is 0 Å². The number of piperazine rings is 1. The molecule has 1 rings (SSSR count). The third kappa shape index (κ3) is 5.81. The van der Waals surface area contributed by atoms with Crippen LogP contribution in [0.1, 0.15) is 51.9 Å². The molecule has 0 atom stereocenters. The number of rotatable bonds is 10. The number of hydrogen-bond acceptors (Lipinski definition) is 2. The van der Waals surface area contributed by atoms with Crippen LogP contribution in [0.4, 0.5) is 0 Å². The first kappa shape index (κ1) is 17.5. The fourth-order valence-electron chi connectivity index (χ4n) is 2.51. The van der Waals surface area contributed by atoms with Gasteiger partial charge in [-0.3, -0.25) is 9.59 Å². The van der Waals surface area contributed by atoms with Gasteiger partial charge in [0, 0.05) is 31.5 Å². The summed E-state index contributed by atoms with van der Waals surface area (Å²) in [6, 6.07) is 0. The van der Waals surface area contributed by atoms with Crippen molar-refractivity contribution in [3.8, 4) is 0 Å². The highest BCUT2D eigenvalue weighted by Gasteiger charge is 2.30. The van der Waals surface area contributed by atoms with Crippen LogP contribution in [0.3, 0.4) is 0 Å². The third-order valence-corrected chi connectivity index (χ3v) is 4.40. The van der Waals surface area contributed by atoms with Crippen LogP contribution in [-0.4, -0.2) is 53.1 Å². The molecule has 0 aromatic heterocycles. The SMILES string of the molecule is CCN1CCN(CCCCCCCCCBr)C(=O)C1=O. The number of carbonyl (C=O) groups is 2. The number of carbonyl (C=O) groups excluding carboxylic acids is 2. The van der Waals surface area contributed by atoms with Crippen molar-refractivity contribution in [2.45, 2.75) is 51.9 Å². The molecule has 0 N–H and O–H groups in total. The Balaban J connectivity index is 2.08. The standard InChI is InChI=1S/C15H27BrN2O2/c1-2-17-12-13-18(15(20)14(17)19)11-9-7-5-3-4-6-8-10-16/h2-13H2,1H3. The van der Waals surface area contributed by atoms with Crippen LogP contribution in [0.5, 0.6) is 0 Å². The molecule has 0 bridgehead atoms. The van der Waals surface area contributed by atoms with Crippen LogP contribution in [0, 0.1) is 0 Å². The second-order valence-corrected chi connectivity index (χ2v) is 6.13. The highest BCUT2D eigenvalue weighted by atomic mass is 79.9. The summed E-state index contributed by atoms with van der Waals surface area (Å²) in [6.45, 7) is 4.67. The summed E-state index contributed by atoms with van der Waals surface area (Å²) >= 11 is 3.44. The maximum Gasteiger partial charge on any atom is 0.312 e. The molecule has 1 saturated heterocycles. The molecule has 0 aromatic carbocycles. The van der Waals surface area contributed by atoms with Gasteiger partial charge < -0.3 is 9.80 Å². The second-order valence-electron chi connectivity index (χ2n) is 5.34. The Morgan fingerprint density at radius 1 is 0.850 bits per heavy atom. The van der Waals surface area contributed by atoms with Crippen molar-refractivity contribution in [1.82, 2.24) is 9.80 Å². The number of amides is 2. The van der Waals surface area contributed by atoms with Crippen molar-refractivity contribution in [3.63, 3.8) is 0 Å². The van der Waals surface area contributed by atoms with Crippen LogP contribution in [0.2, 0.25) is 0 Å². The van der Waals surface area contributed by atoms with E-state index >= 15 is 0 Å². The van der Waals surface area contributed by atoms with E-state index in [9.17, 15) is 9.59 Å². The van der Waals surface area contributed by atoms with Gasteiger partial charge >= 0.3 is 11.8 Å². The van der Waals surface area contributed by atoms with E-state index in [-0.39, 0.29) is 11.8 Å². The van der Waals surface area contributed by atoms with Gasteiger partial charge in [-0.1, -0.05) is 48.0 Å². The Morgan fingerprint density at radius 2 is 1.35 bits per heavy atom. The number of likely N-dealkylation sites (N-methyl/N-ethyl adjacent to an activating group) is 1. The quantitative estimate of drug-likeness (QED) is 0.346. The van der Waals surface area contributed by atoms with Gasteiger partial charge in [-0.15, -0.1) is 0 Å². The summed E-state index contributed by atoms with van der Waals surface area (Å²) in [7, 11) is 0. The minimum Gasteiger partial charge on any atom is -0.333 e. The molecule has 1 heterocycles. The smallest absolute Gasteiger partial charge is 0.312 e. The molecule has 0 aliphatic carbocycles. The first-order valence-electron chi connectivity index (χ1n) is 7.84.